The van der Waals surface area contributed by atoms with Gasteiger partial charge in [0.05, 0.1) is 5.56 Å². The SMILES string of the molecule is CNC(=O)C(Cc1ccccc1)N(Cc1ccc(Cl)cc1Cl)C(=O)CCN1C(=O)c2ccccc2S1(=O)=O. The Bertz CT molecular complexity index is 1480. The lowest BCUT2D eigenvalue weighted by Crippen LogP contribution is -2.50. The molecule has 0 aromatic heterocycles. The molecule has 0 radical (unpaired) electrons. The van der Waals surface area contributed by atoms with Crippen LogP contribution in [0, 0.1) is 0 Å². The lowest BCUT2D eigenvalue weighted by molar-refractivity contribution is -0.141. The number of carbonyl (C=O) groups excluding carboxylic acids is 3. The molecular weight excluding hydrogens is 549 g/mol. The van der Waals surface area contributed by atoms with E-state index < -0.39 is 33.8 Å². The second-order valence-corrected chi connectivity index (χ2v) is 11.4. The third-order valence-electron chi connectivity index (χ3n) is 6.31. The Morgan fingerprint density at radius 3 is 2.34 bits per heavy atom. The number of rotatable bonds is 9. The number of likely N-dealkylation sites (N-methyl/N-ethyl adjacent to an activating group) is 1. The maximum absolute atomic E-state index is 13.7. The van der Waals surface area contributed by atoms with Gasteiger partial charge in [-0.15, -0.1) is 0 Å². The number of benzene rings is 3. The van der Waals surface area contributed by atoms with Crippen molar-refractivity contribution in [2.24, 2.45) is 0 Å². The molecule has 3 aromatic rings. The van der Waals surface area contributed by atoms with Crippen molar-refractivity contribution in [1.29, 1.82) is 0 Å². The van der Waals surface area contributed by atoms with Crippen molar-refractivity contribution in [2.45, 2.75) is 30.3 Å². The molecule has 4 rings (SSSR count). The Labute approximate surface area is 231 Å². The average molecular weight is 574 g/mol. The van der Waals surface area contributed by atoms with E-state index in [0.717, 1.165) is 5.56 Å². The first-order chi connectivity index (χ1) is 18.1. The molecule has 0 fully saturated rings. The summed E-state index contributed by atoms with van der Waals surface area (Å²) in [6.45, 7) is -0.397. The van der Waals surface area contributed by atoms with Gasteiger partial charge in [0.25, 0.3) is 15.9 Å². The molecule has 11 heteroatoms. The molecule has 0 spiro atoms. The van der Waals surface area contributed by atoms with E-state index >= 15 is 0 Å². The van der Waals surface area contributed by atoms with Gasteiger partial charge in [0.2, 0.25) is 11.8 Å². The zero-order valence-corrected chi connectivity index (χ0v) is 22.8. The van der Waals surface area contributed by atoms with Gasteiger partial charge in [0.15, 0.2) is 0 Å². The summed E-state index contributed by atoms with van der Waals surface area (Å²) in [5.41, 5.74) is 1.45. The van der Waals surface area contributed by atoms with Gasteiger partial charge in [-0.1, -0.05) is 71.7 Å². The quantitative estimate of drug-likeness (QED) is 0.418. The molecule has 1 unspecified atom stereocenters. The number of hydrogen-bond donors (Lipinski definition) is 1. The molecule has 1 atom stereocenters. The Balaban J connectivity index is 1.63. The summed E-state index contributed by atoms with van der Waals surface area (Å²) in [5.74, 6) is -1.60. The van der Waals surface area contributed by atoms with Crippen LogP contribution in [0.4, 0.5) is 0 Å². The number of nitrogens with one attached hydrogen (secondary N) is 1. The minimum absolute atomic E-state index is 0.0271. The predicted molar refractivity (Wildman–Crippen MR) is 144 cm³/mol. The predicted octanol–water partition coefficient (Wildman–Crippen LogP) is 3.91. The minimum atomic E-state index is -4.08. The summed E-state index contributed by atoms with van der Waals surface area (Å²) >= 11 is 12.4. The number of halogens is 2. The molecule has 1 N–H and O–H groups in total. The van der Waals surface area contributed by atoms with E-state index in [0.29, 0.717) is 19.9 Å². The van der Waals surface area contributed by atoms with Crippen LogP contribution in [-0.2, 0) is 32.6 Å². The van der Waals surface area contributed by atoms with Crippen molar-refractivity contribution in [3.05, 3.63) is 99.5 Å². The van der Waals surface area contributed by atoms with E-state index in [1.807, 2.05) is 30.3 Å². The Morgan fingerprint density at radius 2 is 1.68 bits per heavy atom. The second-order valence-electron chi connectivity index (χ2n) is 8.71. The summed E-state index contributed by atoms with van der Waals surface area (Å²) in [5, 5.41) is 3.35. The summed E-state index contributed by atoms with van der Waals surface area (Å²) < 4.78 is 26.6. The van der Waals surface area contributed by atoms with Crippen LogP contribution in [-0.4, -0.2) is 55.0 Å². The lowest BCUT2D eigenvalue weighted by atomic mass is 10.0. The second kappa shape index (κ2) is 11.6. The van der Waals surface area contributed by atoms with Crippen molar-refractivity contribution in [1.82, 2.24) is 14.5 Å². The average Bonchev–Trinajstić information content (AvgIpc) is 3.10. The molecule has 0 bridgehead atoms. The molecule has 0 saturated heterocycles. The smallest absolute Gasteiger partial charge is 0.269 e. The van der Waals surface area contributed by atoms with E-state index in [1.165, 1.54) is 30.1 Å². The van der Waals surface area contributed by atoms with Crippen LogP contribution in [0.1, 0.15) is 27.9 Å². The Morgan fingerprint density at radius 1 is 1.00 bits per heavy atom. The number of sulfonamides is 1. The highest BCUT2D eigenvalue weighted by Crippen LogP contribution is 2.30. The van der Waals surface area contributed by atoms with Gasteiger partial charge in [-0.05, 0) is 35.4 Å². The van der Waals surface area contributed by atoms with Crippen LogP contribution in [0.25, 0.3) is 0 Å². The first-order valence-corrected chi connectivity index (χ1v) is 14.0. The van der Waals surface area contributed by atoms with Gasteiger partial charge >= 0.3 is 0 Å². The highest BCUT2D eigenvalue weighted by atomic mass is 35.5. The monoisotopic (exact) mass is 573 g/mol. The van der Waals surface area contributed by atoms with E-state index in [1.54, 1.807) is 24.3 Å². The molecule has 0 aliphatic carbocycles. The summed E-state index contributed by atoms with van der Waals surface area (Å²) in [7, 11) is -2.60. The number of amides is 3. The van der Waals surface area contributed by atoms with Crippen molar-refractivity contribution in [2.75, 3.05) is 13.6 Å². The molecule has 1 heterocycles. The van der Waals surface area contributed by atoms with E-state index in [-0.39, 0.29) is 36.4 Å². The van der Waals surface area contributed by atoms with E-state index in [2.05, 4.69) is 5.32 Å². The molecule has 3 amide bonds. The zero-order chi connectivity index (χ0) is 27.4. The van der Waals surface area contributed by atoms with Gasteiger partial charge in [0.1, 0.15) is 10.9 Å². The zero-order valence-electron chi connectivity index (χ0n) is 20.4. The molecule has 198 valence electrons. The number of hydrogen-bond acceptors (Lipinski definition) is 5. The molecule has 1 aliphatic rings. The molecule has 1 aliphatic heterocycles. The standard InChI is InChI=1S/C27H25Cl2N3O5S/c1-30-26(34)23(15-18-7-3-2-4-8-18)31(17-19-11-12-20(28)16-22(19)29)25(33)13-14-32-27(35)21-9-5-6-10-24(21)38(32,36)37/h2-12,16,23H,13-15,17H2,1H3,(H,30,34). The van der Waals surface area contributed by atoms with Gasteiger partial charge in [-0.3, -0.25) is 14.4 Å². The molecule has 0 saturated carbocycles. The van der Waals surface area contributed by atoms with Crippen LogP contribution < -0.4 is 5.32 Å². The highest BCUT2D eigenvalue weighted by Gasteiger charge is 2.41. The largest absolute Gasteiger partial charge is 0.357 e. The Hall–Kier alpha value is -3.40. The summed E-state index contributed by atoms with van der Waals surface area (Å²) in [6, 6.07) is 19.0. The number of carbonyl (C=O) groups is 3. The fourth-order valence-electron chi connectivity index (χ4n) is 4.35. The normalized spacial score (nSPS) is 14.6. The van der Waals surface area contributed by atoms with Crippen LogP contribution in [0.2, 0.25) is 10.0 Å². The summed E-state index contributed by atoms with van der Waals surface area (Å²) in [4.78, 5) is 40.8. The van der Waals surface area contributed by atoms with Crippen molar-refractivity contribution >= 4 is 50.9 Å². The lowest BCUT2D eigenvalue weighted by Gasteiger charge is -2.32. The molecule has 3 aromatic carbocycles. The van der Waals surface area contributed by atoms with Gasteiger partial charge in [-0.2, -0.15) is 0 Å². The van der Waals surface area contributed by atoms with Gasteiger partial charge < -0.3 is 10.2 Å². The molecule has 38 heavy (non-hydrogen) atoms. The van der Waals surface area contributed by atoms with E-state index in [4.69, 9.17) is 23.2 Å². The van der Waals surface area contributed by atoms with Crippen LogP contribution in [0.5, 0.6) is 0 Å². The van der Waals surface area contributed by atoms with Crippen molar-refractivity contribution < 1.29 is 22.8 Å². The fraction of sp³-hybridized carbons (Fsp3) is 0.222. The fourth-order valence-corrected chi connectivity index (χ4v) is 6.38. The number of nitrogens with zero attached hydrogens (tertiary/aromatic N) is 2. The third kappa shape index (κ3) is 5.70. The maximum Gasteiger partial charge on any atom is 0.269 e. The number of fused-ring (bicyclic) bond motifs is 1. The minimum Gasteiger partial charge on any atom is -0.357 e. The first kappa shape index (κ1) is 27.6. The third-order valence-corrected chi connectivity index (χ3v) is 8.74. The van der Waals surface area contributed by atoms with E-state index in [9.17, 15) is 22.8 Å². The van der Waals surface area contributed by atoms with Gasteiger partial charge in [0, 0.05) is 43.0 Å². The maximum atomic E-state index is 13.7. The van der Waals surface area contributed by atoms with Crippen molar-refractivity contribution in [3.63, 3.8) is 0 Å². The van der Waals surface area contributed by atoms with Crippen LogP contribution in [0.15, 0.2) is 77.7 Å². The van der Waals surface area contributed by atoms with Crippen LogP contribution >= 0.6 is 23.2 Å². The highest BCUT2D eigenvalue weighted by molar-refractivity contribution is 7.90. The molecule has 8 nitrogen and oxygen atoms in total. The topological polar surface area (TPSA) is 104 Å². The summed E-state index contributed by atoms with van der Waals surface area (Å²) in [6.07, 6.45) is -0.115. The molecular formula is C27H25Cl2N3O5S. The van der Waals surface area contributed by atoms with Crippen LogP contribution in [0.3, 0.4) is 0 Å². The van der Waals surface area contributed by atoms with Crippen molar-refractivity contribution in [3.8, 4) is 0 Å². The van der Waals surface area contributed by atoms with Gasteiger partial charge in [-0.25, -0.2) is 12.7 Å². The first-order valence-electron chi connectivity index (χ1n) is 11.8. The Kier molecular flexibility index (Phi) is 8.40.